The molecule has 3 rings (SSSR count). The molecule has 4 nitrogen and oxygen atoms in total. The molecule has 0 saturated heterocycles. The largest absolute Gasteiger partial charge is 0.382 e. The molecule has 5 heteroatoms. The molecule has 0 aliphatic heterocycles. The van der Waals surface area contributed by atoms with Crippen LogP contribution in [-0.2, 0) is 0 Å². The van der Waals surface area contributed by atoms with E-state index in [1.807, 2.05) is 30.3 Å². The number of nitrogens with one attached hydrogen (secondary N) is 2. The molecule has 0 bridgehead atoms. The van der Waals surface area contributed by atoms with E-state index in [0.717, 1.165) is 35.5 Å². The summed E-state index contributed by atoms with van der Waals surface area (Å²) in [6.45, 7) is 1.50. The number of rotatable bonds is 5. The van der Waals surface area contributed by atoms with Gasteiger partial charge in [0.05, 0.1) is 16.2 Å². The summed E-state index contributed by atoms with van der Waals surface area (Å²) in [5.41, 5.74) is 1.88. The first-order chi connectivity index (χ1) is 10.3. The third-order valence-corrected chi connectivity index (χ3v) is 3.42. The maximum atomic E-state index is 6.03. The van der Waals surface area contributed by atoms with Crippen molar-refractivity contribution in [3.8, 4) is 0 Å². The Labute approximate surface area is 128 Å². The summed E-state index contributed by atoms with van der Waals surface area (Å²) in [5, 5.41) is 8.32. The lowest BCUT2D eigenvalue weighted by Gasteiger charge is -2.09. The first kappa shape index (κ1) is 13.6. The Morgan fingerprint density at radius 2 is 1.81 bits per heavy atom. The predicted octanol–water partition coefficient (Wildman–Crippen LogP) is 3.81. The number of aromatic nitrogens is 2. The van der Waals surface area contributed by atoms with Crippen LogP contribution in [0.3, 0.4) is 0 Å². The molecule has 3 aromatic rings. The van der Waals surface area contributed by atoms with E-state index in [1.165, 1.54) is 0 Å². The number of halogens is 1. The number of fused-ring (bicyclic) bond motifs is 1. The highest BCUT2D eigenvalue weighted by atomic mass is 35.5. The summed E-state index contributed by atoms with van der Waals surface area (Å²) in [4.78, 5) is 8.51. The molecule has 0 atom stereocenters. The first-order valence-corrected chi connectivity index (χ1v) is 7.14. The SMILES string of the molecule is Clc1cnccc1NCCNc1ccc2ccccc2n1. The van der Waals surface area contributed by atoms with Crippen LogP contribution in [0.2, 0.25) is 5.02 Å². The van der Waals surface area contributed by atoms with Crippen molar-refractivity contribution in [2.45, 2.75) is 0 Å². The molecule has 0 fully saturated rings. The van der Waals surface area contributed by atoms with Crippen molar-refractivity contribution in [3.05, 3.63) is 59.9 Å². The zero-order valence-electron chi connectivity index (χ0n) is 11.4. The molecule has 2 aromatic heterocycles. The molecule has 0 spiro atoms. The molecule has 0 aliphatic carbocycles. The lowest BCUT2D eigenvalue weighted by Crippen LogP contribution is -2.14. The van der Waals surface area contributed by atoms with Gasteiger partial charge < -0.3 is 10.6 Å². The molecule has 0 aliphatic rings. The van der Waals surface area contributed by atoms with Gasteiger partial charge in [0.2, 0.25) is 0 Å². The Kier molecular flexibility index (Phi) is 4.17. The van der Waals surface area contributed by atoms with Crippen LogP contribution in [0.25, 0.3) is 10.9 Å². The molecule has 2 heterocycles. The van der Waals surface area contributed by atoms with E-state index >= 15 is 0 Å². The number of benzene rings is 1. The molecule has 106 valence electrons. The Morgan fingerprint density at radius 3 is 2.71 bits per heavy atom. The second-order valence-corrected chi connectivity index (χ2v) is 5.01. The van der Waals surface area contributed by atoms with Crippen LogP contribution in [0, 0.1) is 0 Å². The molecule has 0 amide bonds. The van der Waals surface area contributed by atoms with Crippen molar-refractivity contribution in [1.29, 1.82) is 0 Å². The van der Waals surface area contributed by atoms with Gasteiger partial charge in [0.25, 0.3) is 0 Å². The van der Waals surface area contributed by atoms with Gasteiger partial charge >= 0.3 is 0 Å². The molecular formula is C16H15ClN4. The van der Waals surface area contributed by atoms with Crippen LogP contribution in [0.5, 0.6) is 0 Å². The van der Waals surface area contributed by atoms with E-state index in [2.05, 4.69) is 32.7 Å². The van der Waals surface area contributed by atoms with Gasteiger partial charge in [-0.2, -0.15) is 0 Å². The summed E-state index contributed by atoms with van der Waals surface area (Å²) < 4.78 is 0. The van der Waals surface area contributed by atoms with Crippen molar-refractivity contribution in [3.63, 3.8) is 0 Å². The summed E-state index contributed by atoms with van der Waals surface area (Å²) >= 11 is 6.03. The summed E-state index contributed by atoms with van der Waals surface area (Å²) in [5.74, 6) is 0.872. The molecular weight excluding hydrogens is 284 g/mol. The molecule has 0 saturated carbocycles. The first-order valence-electron chi connectivity index (χ1n) is 6.76. The topological polar surface area (TPSA) is 49.8 Å². The van der Waals surface area contributed by atoms with Crippen molar-refractivity contribution in [2.75, 3.05) is 23.7 Å². The van der Waals surface area contributed by atoms with Gasteiger partial charge in [-0.1, -0.05) is 29.8 Å². The number of hydrogen-bond acceptors (Lipinski definition) is 4. The van der Waals surface area contributed by atoms with E-state index in [-0.39, 0.29) is 0 Å². The van der Waals surface area contributed by atoms with Gasteiger partial charge in [-0.15, -0.1) is 0 Å². The average Bonchev–Trinajstić information content (AvgIpc) is 2.53. The maximum Gasteiger partial charge on any atom is 0.126 e. The summed E-state index contributed by atoms with van der Waals surface area (Å²) in [6, 6.07) is 14.0. The van der Waals surface area contributed by atoms with E-state index in [1.54, 1.807) is 12.4 Å². The van der Waals surface area contributed by atoms with E-state index in [4.69, 9.17) is 11.6 Å². The van der Waals surface area contributed by atoms with Crippen LogP contribution in [0.15, 0.2) is 54.9 Å². The Morgan fingerprint density at radius 1 is 0.952 bits per heavy atom. The van der Waals surface area contributed by atoms with Gasteiger partial charge in [0.1, 0.15) is 5.82 Å². The third-order valence-electron chi connectivity index (χ3n) is 3.12. The summed E-state index contributed by atoms with van der Waals surface area (Å²) in [7, 11) is 0. The normalized spacial score (nSPS) is 10.5. The predicted molar refractivity (Wildman–Crippen MR) is 88.0 cm³/mol. The number of hydrogen-bond donors (Lipinski definition) is 2. The van der Waals surface area contributed by atoms with E-state index in [9.17, 15) is 0 Å². The molecule has 21 heavy (non-hydrogen) atoms. The number of nitrogens with zero attached hydrogens (tertiary/aromatic N) is 2. The Bertz CT molecular complexity index is 745. The fraction of sp³-hybridized carbons (Fsp3) is 0.125. The Balaban J connectivity index is 1.56. The van der Waals surface area contributed by atoms with Gasteiger partial charge in [-0.25, -0.2) is 4.98 Å². The lowest BCUT2D eigenvalue weighted by molar-refractivity contribution is 1.06. The smallest absolute Gasteiger partial charge is 0.126 e. The van der Waals surface area contributed by atoms with Crippen molar-refractivity contribution in [2.24, 2.45) is 0 Å². The third kappa shape index (κ3) is 3.41. The van der Waals surface area contributed by atoms with Gasteiger partial charge in [0.15, 0.2) is 0 Å². The fourth-order valence-electron chi connectivity index (χ4n) is 2.07. The minimum absolute atomic E-state index is 0.626. The highest BCUT2D eigenvalue weighted by Gasteiger charge is 1.99. The zero-order chi connectivity index (χ0) is 14.5. The Hall–Kier alpha value is -2.33. The highest BCUT2D eigenvalue weighted by Crippen LogP contribution is 2.18. The zero-order valence-corrected chi connectivity index (χ0v) is 12.1. The fourth-order valence-corrected chi connectivity index (χ4v) is 2.26. The quantitative estimate of drug-likeness (QED) is 0.703. The van der Waals surface area contributed by atoms with E-state index in [0.29, 0.717) is 5.02 Å². The van der Waals surface area contributed by atoms with Gasteiger partial charge in [0, 0.05) is 30.9 Å². The maximum absolute atomic E-state index is 6.03. The second kappa shape index (κ2) is 6.41. The average molecular weight is 299 g/mol. The number of anilines is 2. The van der Waals surface area contributed by atoms with Gasteiger partial charge in [-0.05, 0) is 24.3 Å². The van der Waals surface area contributed by atoms with Crippen molar-refractivity contribution < 1.29 is 0 Å². The van der Waals surface area contributed by atoms with Crippen LogP contribution in [-0.4, -0.2) is 23.1 Å². The van der Waals surface area contributed by atoms with Crippen molar-refractivity contribution in [1.82, 2.24) is 9.97 Å². The standard InChI is InChI=1S/C16H15ClN4/c17-13-11-18-8-7-15(13)19-9-10-20-16-6-5-12-3-1-2-4-14(12)21-16/h1-8,11H,9-10H2,(H,18,19)(H,20,21). The molecule has 1 aromatic carbocycles. The summed E-state index contributed by atoms with van der Waals surface area (Å²) in [6.07, 6.45) is 3.34. The minimum atomic E-state index is 0.626. The monoisotopic (exact) mass is 298 g/mol. The molecule has 0 unspecified atom stereocenters. The number of para-hydroxylation sites is 1. The van der Waals surface area contributed by atoms with Crippen LogP contribution in [0.1, 0.15) is 0 Å². The molecule has 2 N–H and O–H groups in total. The van der Waals surface area contributed by atoms with Crippen LogP contribution < -0.4 is 10.6 Å². The molecule has 0 radical (unpaired) electrons. The van der Waals surface area contributed by atoms with Crippen LogP contribution in [0.4, 0.5) is 11.5 Å². The van der Waals surface area contributed by atoms with Crippen molar-refractivity contribution >= 4 is 34.0 Å². The highest BCUT2D eigenvalue weighted by molar-refractivity contribution is 6.33. The van der Waals surface area contributed by atoms with E-state index < -0.39 is 0 Å². The van der Waals surface area contributed by atoms with Gasteiger partial charge in [-0.3, -0.25) is 4.98 Å². The number of pyridine rings is 2. The minimum Gasteiger partial charge on any atom is -0.382 e. The second-order valence-electron chi connectivity index (χ2n) is 4.60. The lowest BCUT2D eigenvalue weighted by atomic mass is 10.2. The van der Waals surface area contributed by atoms with Crippen LogP contribution >= 0.6 is 11.6 Å².